The average molecular weight is 300 g/mol. The second-order valence-electron chi connectivity index (χ2n) is 4.77. The Labute approximate surface area is 123 Å². The number of carbonyl (C=O) groups is 1. The minimum atomic E-state index is -0.777. The quantitative estimate of drug-likeness (QED) is 0.905. The molecule has 1 N–H and O–H groups in total. The van der Waals surface area contributed by atoms with E-state index in [0.29, 0.717) is 29.5 Å². The maximum absolute atomic E-state index is 11.2. The zero-order valence-electron chi connectivity index (χ0n) is 11.6. The van der Waals surface area contributed by atoms with Crippen LogP contribution in [0.1, 0.15) is 18.4 Å². The lowest BCUT2D eigenvalue weighted by atomic mass is 10.1. The molecule has 1 saturated heterocycles. The lowest BCUT2D eigenvalue weighted by Crippen LogP contribution is -2.35. The molecule has 0 saturated carbocycles. The van der Waals surface area contributed by atoms with Gasteiger partial charge in [-0.3, -0.25) is 9.69 Å². The first-order chi connectivity index (χ1) is 9.56. The van der Waals surface area contributed by atoms with Crippen LogP contribution < -0.4 is 9.47 Å². The van der Waals surface area contributed by atoms with Crippen molar-refractivity contribution in [2.45, 2.75) is 25.4 Å². The molecule has 0 aromatic heterocycles. The highest BCUT2D eigenvalue weighted by molar-refractivity contribution is 6.32. The molecule has 1 aliphatic rings. The van der Waals surface area contributed by atoms with Gasteiger partial charge in [0.25, 0.3) is 0 Å². The van der Waals surface area contributed by atoms with Crippen LogP contribution in [0.25, 0.3) is 0 Å². The molecular weight excluding hydrogens is 282 g/mol. The Morgan fingerprint density at radius 1 is 1.40 bits per heavy atom. The molecule has 6 heteroatoms. The van der Waals surface area contributed by atoms with Crippen molar-refractivity contribution in [3.63, 3.8) is 0 Å². The van der Waals surface area contributed by atoms with E-state index >= 15 is 0 Å². The highest BCUT2D eigenvalue weighted by Gasteiger charge is 2.31. The van der Waals surface area contributed by atoms with E-state index in [1.807, 2.05) is 4.90 Å². The topological polar surface area (TPSA) is 59.0 Å². The van der Waals surface area contributed by atoms with Crippen molar-refractivity contribution in [2.75, 3.05) is 20.8 Å². The van der Waals surface area contributed by atoms with E-state index in [2.05, 4.69) is 0 Å². The number of rotatable bonds is 5. The van der Waals surface area contributed by atoms with Crippen molar-refractivity contribution in [2.24, 2.45) is 0 Å². The Hall–Kier alpha value is -1.46. The van der Waals surface area contributed by atoms with Crippen LogP contribution in [0.4, 0.5) is 0 Å². The Balaban J connectivity index is 2.24. The third kappa shape index (κ3) is 2.99. The zero-order chi connectivity index (χ0) is 14.7. The monoisotopic (exact) mass is 299 g/mol. The van der Waals surface area contributed by atoms with Crippen LogP contribution in [0.2, 0.25) is 5.02 Å². The van der Waals surface area contributed by atoms with Gasteiger partial charge in [0.1, 0.15) is 17.5 Å². The van der Waals surface area contributed by atoms with E-state index in [4.69, 9.17) is 21.1 Å². The SMILES string of the molecule is COc1cc(OC)c(CN2CCCC2C(=O)O)cc1Cl. The van der Waals surface area contributed by atoms with E-state index < -0.39 is 12.0 Å². The molecule has 1 fully saturated rings. The van der Waals surface area contributed by atoms with Crippen molar-refractivity contribution in [3.05, 3.63) is 22.7 Å². The van der Waals surface area contributed by atoms with Gasteiger partial charge in [-0.25, -0.2) is 0 Å². The summed E-state index contributed by atoms with van der Waals surface area (Å²) in [6.07, 6.45) is 1.57. The maximum Gasteiger partial charge on any atom is 0.320 e. The first kappa shape index (κ1) is 14.9. The first-order valence-electron chi connectivity index (χ1n) is 6.44. The number of likely N-dealkylation sites (tertiary alicyclic amines) is 1. The van der Waals surface area contributed by atoms with E-state index in [9.17, 15) is 9.90 Å². The van der Waals surface area contributed by atoms with Crippen molar-refractivity contribution in [3.8, 4) is 11.5 Å². The normalized spacial score (nSPS) is 19.1. The summed E-state index contributed by atoms with van der Waals surface area (Å²) in [5.74, 6) is 0.423. The fourth-order valence-corrected chi connectivity index (χ4v) is 2.82. The maximum atomic E-state index is 11.2. The summed E-state index contributed by atoms with van der Waals surface area (Å²) in [4.78, 5) is 13.1. The number of carboxylic acid groups (broad SMARTS) is 1. The molecule has 20 heavy (non-hydrogen) atoms. The number of ether oxygens (including phenoxy) is 2. The highest BCUT2D eigenvalue weighted by atomic mass is 35.5. The molecule has 1 aromatic carbocycles. The molecule has 1 atom stereocenters. The molecule has 110 valence electrons. The summed E-state index contributed by atoms with van der Waals surface area (Å²) >= 11 is 6.13. The summed E-state index contributed by atoms with van der Waals surface area (Å²) in [6, 6.07) is 3.07. The minimum absolute atomic E-state index is 0.430. The van der Waals surface area contributed by atoms with Crippen LogP contribution in [-0.4, -0.2) is 42.8 Å². The molecule has 2 rings (SSSR count). The molecule has 1 aromatic rings. The fraction of sp³-hybridized carbons (Fsp3) is 0.500. The molecule has 1 aliphatic heterocycles. The third-order valence-electron chi connectivity index (χ3n) is 3.58. The van der Waals surface area contributed by atoms with Crippen LogP contribution in [0.15, 0.2) is 12.1 Å². The van der Waals surface area contributed by atoms with E-state index in [0.717, 1.165) is 18.5 Å². The summed E-state index contributed by atoms with van der Waals surface area (Å²) < 4.78 is 10.5. The van der Waals surface area contributed by atoms with Crippen LogP contribution in [-0.2, 0) is 11.3 Å². The van der Waals surface area contributed by atoms with E-state index in [1.54, 1.807) is 26.4 Å². The largest absolute Gasteiger partial charge is 0.496 e. The molecule has 0 radical (unpaired) electrons. The predicted molar refractivity (Wildman–Crippen MR) is 75.6 cm³/mol. The minimum Gasteiger partial charge on any atom is -0.496 e. The van der Waals surface area contributed by atoms with Crippen molar-refractivity contribution < 1.29 is 19.4 Å². The third-order valence-corrected chi connectivity index (χ3v) is 3.87. The summed E-state index contributed by atoms with van der Waals surface area (Å²) in [5, 5.41) is 9.70. The Bertz CT molecular complexity index is 506. The van der Waals surface area contributed by atoms with Crippen LogP contribution in [0.3, 0.4) is 0 Å². The van der Waals surface area contributed by atoms with E-state index in [1.165, 1.54) is 0 Å². The van der Waals surface area contributed by atoms with Crippen molar-refractivity contribution in [1.82, 2.24) is 4.90 Å². The number of hydrogen-bond acceptors (Lipinski definition) is 4. The van der Waals surface area contributed by atoms with Crippen LogP contribution in [0, 0.1) is 0 Å². The van der Waals surface area contributed by atoms with Gasteiger partial charge >= 0.3 is 5.97 Å². The molecule has 0 spiro atoms. The Kier molecular flexibility index (Phi) is 4.73. The van der Waals surface area contributed by atoms with Gasteiger partial charge in [-0.1, -0.05) is 11.6 Å². The number of benzene rings is 1. The number of nitrogens with zero attached hydrogens (tertiary/aromatic N) is 1. The lowest BCUT2D eigenvalue weighted by molar-refractivity contribution is -0.142. The van der Waals surface area contributed by atoms with Gasteiger partial charge in [0.05, 0.1) is 19.2 Å². The molecule has 0 amide bonds. The van der Waals surface area contributed by atoms with Gasteiger partial charge in [0.15, 0.2) is 0 Å². The van der Waals surface area contributed by atoms with Gasteiger partial charge in [-0.2, -0.15) is 0 Å². The van der Waals surface area contributed by atoms with Gasteiger partial charge in [0.2, 0.25) is 0 Å². The highest BCUT2D eigenvalue weighted by Crippen LogP contribution is 2.34. The molecule has 0 bridgehead atoms. The Morgan fingerprint density at radius 2 is 2.10 bits per heavy atom. The molecule has 1 heterocycles. The standard InChI is InChI=1S/C14H18ClNO4/c1-19-12-7-13(20-2)10(15)6-9(12)8-16-5-3-4-11(16)14(17)18/h6-7,11H,3-5,8H2,1-2H3,(H,17,18). The zero-order valence-corrected chi connectivity index (χ0v) is 12.3. The van der Waals surface area contributed by atoms with Gasteiger partial charge in [-0.15, -0.1) is 0 Å². The van der Waals surface area contributed by atoms with Gasteiger partial charge in [-0.05, 0) is 25.5 Å². The van der Waals surface area contributed by atoms with Gasteiger partial charge in [0, 0.05) is 18.2 Å². The van der Waals surface area contributed by atoms with Crippen molar-refractivity contribution >= 4 is 17.6 Å². The number of halogens is 1. The summed E-state index contributed by atoms with van der Waals surface area (Å²) in [7, 11) is 3.12. The predicted octanol–water partition coefficient (Wildman–Crippen LogP) is 2.41. The van der Waals surface area contributed by atoms with Crippen LogP contribution in [0.5, 0.6) is 11.5 Å². The second kappa shape index (κ2) is 6.33. The van der Waals surface area contributed by atoms with Crippen molar-refractivity contribution in [1.29, 1.82) is 0 Å². The average Bonchev–Trinajstić information content (AvgIpc) is 2.87. The summed E-state index contributed by atoms with van der Waals surface area (Å²) in [6.45, 7) is 1.27. The summed E-state index contributed by atoms with van der Waals surface area (Å²) in [5.41, 5.74) is 0.867. The fourth-order valence-electron chi connectivity index (χ4n) is 2.56. The van der Waals surface area contributed by atoms with Gasteiger partial charge < -0.3 is 14.6 Å². The molecule has 0 aliphatic carbocycles. The number of methoxy groups -OCH3 is 2. The lowest BCUT2D eigenvalue weighted by Gasteiger charge is -2.22. The van der Waals surface area contributed by atoms with Crippen LogP contribution >= 0.6 is 11.6 Å². The number of aliphatic carboxylic acids is 1. The second-order valence-corrected chi connectivity index (χ2v) is 5.17. The first-order valence-corrected chi connectivity index (χ1v) is 6.82. The molecule has 5 nitrogen and oxygen atoms in total. The number of carboxylic acids is 1. The smallest absolute Gasteiger partial charge is 0.320 e. The van der Waals surface area contributed by atoms with E-state index in [-0.39, 0.29) is 0 Å². The molecular formula is C14H18ClNO4. The number of hydrogen-bond donors (Lipinski definition) is 1. The Morgan fingerprint density at radius 3 is 2.70 bits per heavy atom. The molecule has 1 unspecified atom stereocenters.